The molecule has 2 heterocycles. The topological polar surface area (TPSA) is 55.9 Å². The van der Waals surface area contributed by atoms with Crippen LogP contribution in [-0.2, 0) is 4.79 Å². The van der Waals surface area contributed by atoms with Crippen LogP contribution < -0.4 is 10.2 Å². The number of hydrogen-bond acceptors (Lipinski definition) is 4. The van der Waals surface area contributed by atoms with Gasteiger partial charge < -0.3 is 10.2 Å². The molecule has 2 saturated heterocycles. The molecular weight excluding hydrogens is 352 g/mol. The smallest absolute Gasteiger partial charge is 0.326 e. The van der Waals surface area contributed by atoms with E-state index >= 15 is 0 Å². The van der Waals surface area contributed by atoms with Crippen LogP contribution in [0.1, 0.15) is 25.3 Å². The van der Waals surface area contributed by atoms with Crippen LogP contribution in [-0.4, -0.2) is 60.1 Å². The number of amides is 3. The lowest BCUT2D eigenvalue weighted by molar-refractivity contribution is -0.133. The number of nitrogens with one attached hydrogen (secondary N) is 1. The van der Waals surface area contributed by atoms with Gasteiger partial charge in [-0.15, -0.1) is 0 Å². The maximum atomic E-state index is 12.8. The Kier molecular flexibility index (Phi) is 4.35. The Bertz CT molecular complexity index is 743. The molecule has 2 aliphatic heterocycles. The molecule has 1 aromatic rings. The number of carbonyl (C=O) groups excluding carboxylic acids is 2. The first-order valence-corrected chi connectivity index (χ1v) is 9.64. The number of anilines is 1. The molecule has 1 N–H and O–H groups in total. The lowest BCUT2D eigenvalue weighted by atomic mass is 9.96. The number of hydrogen-bond donors (Lipinski definition) is 1. The lowest BCUT2D eigenvalue weighted by Gasteiger charge is -2.38. The summed E-state index contributed by atoms with van der Waals surface area (Å²) in [5.74, 6) is 0.227. The van der Waals surface area contributed by atoms with Crippen LogP contribution in [0.25, 0.3) is 0 Å². The van der Waals surface area contributed by atoms with E-state index < -0.39 is 5.54 Å². The summed E-state index contributed by atoms with van der Waals surface area (Å²) in [6.45, 7) is 7.64. The molecule has 26 heavy (non-hydrogen) atoms. The summed E-state index contributed by atoms with van der Waals surface area (Å²) in [6.07, 6.45) is 2.04. The van der Waals surface area contributed by atoms with E-state index in [9.17, 15) is 9.59 Å². The van der Waals surface area contributed by atoms with Gasteiger partial charge in [0.15, 0.2) is 0 Å². The Morgan fingerprint density at radius 3 is 2.54 bits per heavy atom. The van der Waals surface area contributed by atoms with Crippen LogP contribution >= 0.6 is 11.6 Å². The summed E-state index contributed by atoms with van der Waals surface area (Å²) >= 11 is 6.14. The van der Waals surface area contributed by atoms with Crippen molar-refractivity contribution >= 4 is 29.2 Å². The van der Waals surface area contributed by atoms with Gasteiger partial charge in [0.2, 0.25) is 0 Å². The summed E-state index contributed by atoms with van der Waals surface area (Å²) in [6, 6.07) is 5.70. The van der Waals surface area contributed by atoms with E-state index in [1.165, 1.54) is 10.5 Å². The lowest BCUT2D eigenvalue weighted by Crippen LogP contribution is -2.52. The van der Waals surface area contributed by atoms with E-state index in [-0.39, 0.29) is 11.9 Å². The number of imide groups is 1. The molecule has 7 heteroatoms. The van der Waals surface area contributed by atoms with Gasteiger partial charge >= 0.3 is 6.03 Å². The summed E-state index contributed by atoms with van der Waals surface area (Å²) in [5, 5.41) is 3.66. The molecule has 4 rings (SSSR count). The Labute approximate surface area is 159 Å². The third-order valence-electron chi connectivity index (χ3n) is 5.92. The van der Waals surface area contributed by atoms with Crippen molar-refractivity contribution in [2.24, 2.45) is 5.92 Å². The highest BCUT2D eigenvalue weighted by atomic mass is 35.5. The van der Waals surface area contributed by atoms with Crippen molar-refractivity contribution < 1.29 is 9.59 Å². The van der Waals surface area contributed by atoms with E-state index in [1.54, 1.807) is 0 Å². The normalized spacial score (nSPS) is 27.2. The second-order valence-corrected chi connectivity index (χ2v) is 8.25. The van der Waals surface area contributed by atoms with Crippen LogP contribution in [0.2, 0.25) is 5.02 Å². The number of rotatable bonds is 4. The van der Waals surface area contributed by atoms with Gasteiger partial charge in [-0.1, -0.05) is 17.7 Å². The molecule has 0 radical (unpaired) electrons. The highest BCUT2D eigenvalue weighted by Crippen LogP contribution is 2.42. The molecule has 0 unspecified atom stereocenters. The van der Waals surface area contributed by atoms with Crippen molar-refractivity contribution in [2.45, 2.75) is 32.2 Å². The van der Waals surface area contributed by atoms with E-state index in [4.69, 9.17) is 11.6 Å². The van der Waals surface area contributed by atoms with Gasteiger partial charge in [-0.2, -0.15) is 0 Å². The first kappa shape index (κ1) is 17.6. The molecule has 140 valence electrons. The number of piperazine rings is 1. The average Bonchev–Trinajstić information content (AvgIpc) is 3.44. The Morgan fingerprint density at radius 2 is 1.88 bits per heavy atom. The van der Waals surface area contributed by atoms with Gasteiger partial charge in [-0.3, -0.25) is 9.69 Å². The number of nitrogens with zero attached hydrogens (tertiary/aromatic N) is 3. The minimum Gasteiger partial charge on any atom is -0.369 e. The Morgan fingerprint density at radius 1 is 1.19 bits per heavy atom. The van der Waals surface area contributed by atoms with E-state index in [0.29, 0.717) is 12.6 Å². The van der Waals surface area contributed by atoms with E-state index in [0.717, 1.165) is 49.7 Å². The molecule has 1 atom stereocenters. The van der Waals surface area contributed by atoms with Gasteiger partial charge in [0, 0.05) is 36.9 Å². The summed E-state index contributed by atoms with van der Waals surface area (Å²) in [5.41, 5.74) is 1.67. The molecule has 3 amide bonds. The third-order valence-corrected chi connectivity index (χ3v) is 6.16. The van der Waals surface area contributed by atoms with Gasteiger partial charge in [-0.05, 0) is 50.3 Å². The zero-order valence-electron chi connectivity index (χ0n) is 15.3. The van der Waals surface area contributed by atoms with Crippen LogP contribution in [0.15, 0.2) is 18.2 Å². The maximum Gasteiger partial charge on any atom is 0.326 e. The van der Waals surface area contributed by atoms with Crippen molar-refractivity contribution in [3.8, 4) is 0 Å². The van der Waals surface area contributed by atoms with Gasteiger partial charge in [-0.25, -0.2) is 9.69 Å². The van der Waals surface area contributed by atoms with Crippen molar-refractivity contribution in [1.29, 1.82) is 0 Å². The van der Waals surface area contributed by atoms with Crippen molar-refractivity contribution in [1.82, 2.24) is 15.1 Å². The highest BCUT2D eigenvalue weighted by molar-refractivity contribution is 6.30. The second-order valence-electron chi connectivity index (χ2n) is 7.82. The van der Waals surface area contributed by atoms with Crippen LogP contribution in [0, 0.1) is 12.8 Å². The van der Waals surface area contributed by atoms with Gasteiger partial charge in [0.25, 0.3) is 5.91 Å². The molecule has 1 aromatic carbocycles. The zero-order valence-corrected chi connectivity index (χ0v) is 16.1. The fourth-order valence-electron chi connectivity index (χ4n) is 4.03. The standard InChI is InChI=1S/C19H25ClN4O2/c1-13-3-6-15(20)11-16(13)23-9-7-22(8-10-23)12-24-17(25)19(2,14-4-5-14)21-18(24)26/h3,6,11,14H,4-5,7-10,12H2,1-2H3,(H,21,26)/t19-/m0/s1. The maximum absolute atomic E-state index is 12.8. The van der Waals surface area contributed by atoms with Crippen molar-refractivity contribution in [2.75, 3.05) is 37.7 Å². The predicted molar refractivity (Wildman–Crippen MR) is 101 cm³/mol. The SMILES string of the molecule is Cc1ccc(Cl)cc1N1CCN(CN2C(=O)N[C@@](C)(C3CC3)C2=O)CC1. The molecular formula is C19H25ClN4O2. The monoisotopic (exact) mass is 376 g/mol. The van der Waals surface area contributed by atoms with Crippen LogP contribution in [0.5, 0.6) is 0 Å². The second kappa shape index (κ2) is 6.43. The van der Waals surface area contributed by atoms with E-state index in [1.807, 2.05) is 25.1 Å². The minimum atomic E-state index is -0.698. The van der Waals surface area contributed by atoms with Crippen LogP contribution in [0.3, 0.4) is 0 Å². The first-order chi connectivity index (χ1) is 12.4. The average molecular weight is 377 g/mol. The molecule has 0 bridgehead atoms. The number of urea groups is 1. The van der Waals surface area contributed by atoms with Crippen molar-refractivity contribution in [3.05, 3.63) is 28.8 Å². The first-order valence-electron chi connectivity index (χ1n) is 9.26. The van der Waals surface area contributed by atoms with E-state index in [2.05, 4.69) is 22.0 Å². The molecule has 6 nitrogen and oxygen atoms in total. The number of halogens is 1. The fourth-order valence-corrected chi connectivity index (χ4v) is 4.20. The molecule has 0 spiro atoms. The summed E-state index contributed by atoms with van der Waals surface area (Å²) in [4.78, 5) is 30.9. The predicted octanol–water partition coefficient (Wildman–Crippen LogP) is 2.45. The largest absolute Gasteiger partial charge is 0.369 e. The summed E-state index contributed by atoms with van der Waals surface area (Å²) < 4.78 is 0. The molecule has 3 aliphatic rings. The zero-order chi connectivity index (χ0) is 18.5. The number of carbonyl (C=O) groups is 2. The highest BCUT2D eigenvalue weighted by Gasteiger charge is 2.56. The number of benzene rings is 1. The fraction of sp³-hybridized carbons (Fsp3) is 0.579. The minimum absolute atomic E-state index is 0.0712. The van der Waals surface area contributed by atoms with Gasteiger partial charge in [0.05, 0.1) is 6.67 Å². The van der Waals surface area contributed by atoms with Crippen LogP contribution in [0.4, 0.5) is 10.5 Å². The summed E-state index contributed by atoms with van der Waals surface area (Å²) in [7, 11) is 0. The molecule has 1 aliphatic carbocycles. The molecule has 3 fully saturated rings. The van der Waals surface area contributed by atoms with Gasteiger partial charge in [0.1, 0.15) is 5.54 Å². The third kappa shape index (κ3) is 3.05. The Balaban J connectivity index is 1.37. The molecule has 0 aromatic heterocycles. The van der Waals surface area contributed by atoms with Crippen molar-refractivity contribution in [3.63, 3.8) is 0 Å². The number of aryl methyl sites for hydroxylation is 1. The Hall–Kier alpha value is -1.79. The quantitative estimate of drug-likeness (QED) is 0.820. The molecule has 1 saturated carbocycles.